The first-order valence-corrected chi connectivity index (χ1v) is 8.01. The molecule has 1 aliphatic heterocycles. The normalized spacial score (nSPS) is 17.1. The van der Waals surface area contributed by atoms with Gasteiger partial charge >= 0.3 is 0 Å². The third-order valence-corrected chi connectivity index (χ3v) is 4.17. The fraction of sp³-hybridized carbons (Fsp3) is 0.278. The van der Waals surface area contributed by atoms with Crippen LogP contribution in [-0.2, 0) is 4.79 Å². The van der Waals surface area contributed by atoms with Crippen molar-refractivity contribution in [2.24, 2.45) is 0 Å². The second kappa shape index (κ2) is 6.41. The molecule has 0 fully saturated rings. The van der Waals surface area contributed by atoms with Gasteiger partial charge < -0.3 is 10.2 Å². The Kier molecular flexibility index (Phi) is 4.34. The maximum Gasteiger partial charge on any atom is 0.254 e. The molecule has 22 heavy (non-hydrogen) atoms. The van der Waals surface area contributed by atoms with Crippen molar-refractivity contribution in [1.29, 1.82) is 0 Å². The van der Waals surface area contributed by atoms with E-state index in [9.17, 15) is 4.79 Å². The molecule has 3 nitrogen and oxygen atoms in total. The number of carbonyl (C=O) groups is 1. The van der Waals surface area contributed by atoms with Gasteiger partial charge in [0.25, 0.3) is 5.91 Å². The Bertz CT molecular complexity index is 672. The minimum absolute atomic E-state index is 0.0921. The molecule has 0 radical (unpaired) electrons. The average molecular weight is 315 g/mol. The molecule has 1 heterocycles. The second-order valence-electron chi connectivity index (χ2n) is 5.49. The Morgan fingerprint density at radius 1 is 1.18 bits per heavy atom. The van der Waals surface area contributed by atoms with Crippen molar-refractivity contribution in [2.75, 3.05) is 16.8 Å². The van der Waals surface area contributed by atoms with Crippen molar-refractivity contribution in [3.05, 3.63) is 59.1 Å². The molecule has 0 saturated carbocycles. The first-order chi connectivity index (χ1) is 10.7. The van der Waals surface area contributed by atoms with Crippen LogP contribution in [0.2, 0.25) is 5.02 Å². The summed E-state index contributed by atoms with van der Waals surface area (Å²) in [7, 11) is 0. The van der Waals surface area contributed by atoms with Crippen molar-refractivity contribution in [1.82, 2.24) is 0 Å². The lowest BCUT2D eigenvalue weighted by molar-refractivity contribution is -0.119. The molecular formula is C18H19ClN2O. The molecule has 1 atom stereocenters. The number of anilines is 2. The van der Waals surface area contributed by atoms with Crippen LogP contribution in [0.4, 0.5) is 11.4 Å². The quantitative estimate of drug-likeness (QED) is 0.891. The minimum atomic E-state index is -0.357. The molecule has 3 rings (SSSR count). The smallest absolute Gasteiger partial charge is 0.254 e. The van der Waals surface area contributed by atoms with Crippen LogP contribution in [0.15, 0.2) is 48.5 Å². The first-order valence-electron chi connectivity index (χ1n) is 7.63. The molecule has 114 valence electrons. The predicted molar refractivity (Wildman–Crippen MR) is 91.5 cm³/mol. The Morgan fingerprint density at radius 3 is 2.68 bits per heavy atom. The fourth-order valence-corrected chi connectivity index (χ4v) is 2.94. The SMILES string of the molecule is CCCCN1C(=O)C(c2ccccc2)Nc2cc(Cl)ccc21. The Balaban J connectivity index is 2.01. The molecule has 1 amide bonds. The Labute approximate surface area is 135 Å². The summed E-state index contributed by atoms with van der Waals surface area (Å²) in [6.45, 7) is 2.86. The first kappa shape index (κ1) is 14.9. The van der Waals surface area contributed by atoms with Gasteiger partial charge in [0.2, 0.25) is 0 Å². The molecule has 0 saturated heterocycles. The lowest BCUT2D eigenvalue weighted by Gasteiger charge is -2.35. The van der Waals surface area contributed by atoms with Crippen molar-refractivity contribution in [3.8, 4) is 0 Å². The highest BCUT2D eigenvalue weighted by Gasteiger charge is 2.33. The lowest BCUT2D eigenvalue weighted by atomic mass is 10.0. The van der Waals surface area contributed by atoms with Crippen LogP contribution >= 0.6 is 11.6 Å². The van der Waals surface area contributed by atoms with E-state index in [0.717, 1.165) is 36.3 Å². The van der Waals surface area contributed by atoms with Gasteiger partial charge in [0.15, 0.2) is 0 Å². The number of fused-ring (bicyclic) bond motifs is 1. The highest BCUT2D eigenvalue weighted by molar-refractivity contribution is 6.31. The monoisotopic (exact) mass is 314 g/mol. The number of benzene rings is 2. The van der Waals surface area contributed by atoms with Crippen LogP contribution in [0.5, 0.6) is 0 Å². The number of hydrogen-bond donors (Lipinski definition) is 1. The van der Waals surface area contributed by atoms with E-state index in [1.807, 2.05) is 53.4 Å². The third kappa shape index (κ3) is 2.81. The van der Waals surface area contributed by atoms with E-state index in [1.54, 1.807) is 0 Å². The van der Waals surface area contributed by atoms with Crippen LogP contribution in [-0.4, -0.2) is 12.5 Å². The summed E-state index contributed by atoms with van der Waals surface area (Å²) in [5, 5.41) is 4.00. The van der Waals surface area contributed by atoms with Crippen LogP contribution in [0.25, 0.3) is 0 Å². The fourth-order valence-electron chi connectivity index (χ4n) is 2.77. The lowest BCUT2D eigenvalue weighted by Crippen LogP contribution is -2.42. The number of carbonyl (C=O) groups excluding carboxylic acids is 1. The van der Waals surface area contributed by atoms with E-state index in [0.29, 0.717) is 5.02 Å². The van der Waals surface area contributed by atoms with Crippen molar-refractivity contribution in [2.45, 2.75) is 25.8 Å². The van der Waals surface area contributed by atoms with Crippen LogP contribution < -0.4 is 10.2 Å². The van der Waals surface area contributed by atoms with Gasteiger partial charge in [-0.25, -0.2) is 0 Å². The minimum Gasteiger partial charge on any atom is -0.368 e. The summed E-state index contributed by atoms with van der Waals surface area (Å²) in [5.41, 5.74) is 2.80. The van der Waals surface area contributed by atoms with Crippen molar-refractivity contribution < 1.29 is 4.79 Å². The average Bonchev–Trinajstić information content (AvgIpc) is 2.54. The number of halogens is 1. The third-order valence-electron chi connectivity index (χ3n) is 3.93. The highest BCUT2D eigenvalue weighted by atomic mass is 35.5. The van der Waals surface area contributed by atoms with E-state index >= 15 is 0 Å². The van der Waals surface area contributed by atoms with Gasteiger partial charge in [0.05, 0.1) is 11.4 Å². The molecule has 0 spiro atoms. The van der Waals surface area contributed by atoms with Crippen LogP contribution in [0, 0.1) is 0 Å². The molecule has 0 aliphatic carbocycles. The zero-order chi connectivity index (χ0) is 15.5. The summed E-state index contributed by atoms with van der Waals surface area (Å²) in [6, 6.07) is 15.1. The molecular weight excluding hydrogens is 296 g/mol. The van der Waals surface area contributed by atoms with Gasteiger partial charge in [-0.15, -0.1) is 0 Å². The number of rotatable bonds is 4. The summed E-state index contributed by atoms with van der Waals surface area (Å²) < 4.78 is 0. The Hall–Kier alpha value is -2.00. The topological polar surface area (TPSA) is 32.3 Å². The molecule has 1 N–H and O–H groups in total. The zero-order valence-corrected chi connectivity index (χ0v) is 13.3. The maximum atomic E-state index is 12.9. The van der Waals surface area contributed by atoms with Gasteiger partial charge in [-0.05, 0) is 30.2 Å². The predicted octanol–water partition coefficient (Wildman–Crippen LogP) is 4.64. The summed E-state index contributed by atoms with van der Waals surface area (Å²) in [6.07, 6.45) is 2.03. The standard InChI is InChI=1S/C18H19ClN2O/c1-2-3-11-21-16-10-9-14(19)12-15(16)20-17(18(21)22)13-7-5-4-6-8-13/h4-10,12,17,20H,2-3,11H2,1H3. The van der Waals surface area contributed by atoms with Gasteiger partial charge in [-0.3, -0.25) is 4.79 Å². The van der Waals surface area contributed by atoms with Crippen molar-refractivity contribution >= 4 is 28.9 Å². The second-order valence-corrected chi connectivity index (χ2v) is 5.93. The van der Waals surface area contributed by atoms with Crippen LogP contribution in [0.3, 0.4) is 0 Å². The summed E-state index contributed by atoms with van der Waals surface area (Å²) >= 11 is 6.12. The largest absolute Gasteiger partial charge is 0.368 e. The summed E-state index contributed by atoms with van der Waals surface area (Å²) in [5.74, 6) is 0.0921. The molecule has 0 bridgehead atoms. The molecule has 0 aromatic heterocycles. The molecule has 4 heteroatoms. The van der Waals surface area contributed by atoms with E-state index in [2.05, 4.69) is 12.2 Å². The molecule has 1 aliphatic rings. The summed E-state index contributed by atoms with van der Waals surface area (Å²) in [4.78, 5) is 14.8. The zero-order valence-electron chi connectivity index (χ0n) is 12.6. The number of hydrogen-bond acceptors (Lipinski definition) is 2. The van der Waals surface area contributed by atoms with Crippen LogP contribution in [0.1, 0.15) is 31.4 Å². The molecule has 2 aromatic carbocycles. The van der Waals surface area contributed by atoms with E-state index in [-0.39, 0.29) is 11.9 Å². The van der Waals surface area contributed by atoms with Crippen molar-refractivity contribution in [3.63, 3.8) is 0 Å². The van der Waals surface area contributed by atoms with Gasteiger partial charge in [0, 0.05) is 11.6 Å². The van der Waals surface area contributed by atoms with Gasteiger partial charge in [-0.2, -0.15) is 0 Å². The van der Waals surface area contributed by atoms with Gasteiger partial charge in [-0.1, -0.05) is 55.3 Å². The highest BCUT2D eigenvalue weighted by Crippen LogP contribution is 2.38. The maximum absolute atomic E-state index is 12.9. The number of unbranched alkanes of at least 4 members (excludes halogenated alkanes) is 1. The number of nitrogens with zero attached hydrogens (tertiary/aromatic N) is 1. The van der Waals surface area contributed by atoms with Gasteiger partial charge in [0.1, 0.15) is 6.04 Å². The molecule has 1 unspecified atom stereocenters. The van der Waals surface area contributed by atoms with E-state index in [1.165, 1.54) is 0 Å². The van der Waals surface area contributed by atoms with E-state index < -0.39 is 0 Å². The molecule has 2 aromatic rings. The van der Waals surface area contributed by atoms with E-state index in [4.69, 9.17) is 11.6 Å². The number of amides is 1. The Morgan fingerprint density at radius 2 is 1.95 bits per heavy atom. The number of nitrogens with one attached hydrogen (secondary N) is 1.